The minimum atomic E-state index is -0.962. The van der Waals surface area contributed by atoms with Gasteiger partial charge in [0, 0.05) is 27.5 Å². The number of amides is 2. The van der Waals surface area contributed by atoms with E-state index in [0.29, 0.717) is 39.3 Å². The monoisotopic (exact) mass is 411 g/mol. The van der Waals surface area contributed by atoms with Gasteiger partial charge in [-0.2, -0.15) is 0 Å². The maximum atomic E-state index is 12.2. The Labute approximate surface area is 163 Å². The molecule has 1 aromatic carbocycles. The normalized spacial score (nSPS) is 13.7. The smallest absolute Gasteiger partial charge is 0.407 e. The second-order valence-electron chi connectivity index (χ2n) is 5.69. The minimum absolute atomic E-state index is 0.283. The van der Waals surface area contributed by atoms with Gasteiger partial charge in [-0.25, -0.2) is 4.79 Å². The number of thiophene rings is 1. The molecule has 1 aliphatic rings. The number of hydrogen-bond acceptors (Lipinski definition) is 4. The van der Waals surface area contributed by atoms with Gasteiger partial charge < -0.3 is 21.1 Å². The average Bonchev–Trinajstić information content (AvgIpc) is 2.89. The van der Waals surface area contributed by atoms with Crippen LogP contribution in [0.1, 0.15) is 16.0 Å². The Morgan fingerprint density at radius 2 is 2.12 bits per heavy atom. The minimum Gasteiger partial charge on any atom is -0.465 e. The highest BCUT2D eigenvalue weighted by atomic mass is 35.5. The summed E-state index contributed by atoms with van der Waals surface area (Å²) in [6.07, 6.45) is 2.52. The topological polar surface area (TPSA) is 95.7 Å². The average molecular weight is 412 g/mol. The van der Waals surface area contributed by atoms with Crippen LogP contribution < -0.4 is 11.1 Å². The molecule has 2 amide bonds. The molecule has 0 unspecified atom stereocenters. The lowest BCUT2D eigenvalue weighted by molar-refractivity contribution is -0.111. The molecular formula is C17H15Cl2N3O3S. The first-order valence-electron chi connectivity index (χ1n) is 7.67. The summed E-state index contributed by atoms with van der Waals surface area (Å²) in [5.41, 5.74) is 8.19. The van der Waals surface area contributed by atoms with E-state index >= 15 is 0 Å². The SMILES string of the molecule is Nc1c(NC(=O)/C=C/c2ccc(Cl)cc2Cl)sc2c1CCN(C(=O)O)C2. The molecule has 9 heteroatoms. The van der Waals surface area contributed by atoms with Crippen LogP contribution in [0.3, 0.4) is 0 Å². The van der Waals surface area contributed by atoms with Crippen LogP contribution in [0.2, 0.25) is 10.0 Å². The number of hydrogen-bond donors (Lipinski definition) is 3. The van der Waals surface area contributed by atoms with Crippen LogP contribution in [0.15, 0.2) is 24.3 Å². The highest BCUT2D eigenvalue weighted by Crippen LogP contribution is 2.39. The molecule has 2 heterocycles. The van der Waals surface area contributed by atoms with E-state index in [-0.39, 0.29) is 12.5 Å². The van der Waals surface area contributed by atoms with Gasteiger partial charge in [0.05, 0.1) is 12.2 Å². The van der Waals surface area contributed by atoms with E-state index in [1.807, 2.05) is 0 Å². The van der Waals surface area contributed by atoms with E-state index in [1.54, 1.807) is 24.3 Å². The van der Waals surface area contributed by atoms with Crippen molar-refractivity contribution >= 4 is 63.3 Å². The molecule has 26 heavy (non-hydrogen) atoms. The Morgan fingerprint density at radius 1 is 1.35 bits per heavy atom. The third-order valence-electron chi connectivity index (χ3n) is 3.98. The zero-order valence-electron chi connectivity index (χ0n) is 13.5. The summed E-state index contributed by atoms with van der Waals surface area (Å²) in [6.45, 7) is 0.678. The van der Waals surface area contributed by atoms with Gasteiger partial charge in [0.25, 0.3) is 0 Å². The molecule has 0 saturated carbocycles. The van der Waals surface area contributed by atoms with E-state index in [1.165, 1.54) is 22.3 Å². The summed E-state index contributed by atoms with van der Waals surface area (Å²) in [5, 5.41) is 13.3. The van der Waals surface area contributed by atoms with Crippen molar-refractivity contribution in [3.63, 3.8) is 0 Å². The number of nitrogen functional groups attached to an aromatic ring is 1. The van der Waals surface area contributed by atoms with Gasteiger partial charge in [0.15, 0.2) is 0 Å². The molecule has 1 aromatic heterocycles. The van der Waals surface area contributed by atoms with Gasteiger partial charge in [-0.15, -0.1) is 11.3 Å². The van der Waals surface area contributed by atoms with Gasteiger partial charge in [-0.1, -0.05) is 29.3 Å². The predicted molar refractivity (Wildman–Crippen MR) is 105 cm³/mol. The number of nitrogens with one attached hydrogen (secondary N) is 1. The summed E-state index contributed by atoms with van der Waals surface area (Å²) >= 11 is 13.2. The molecule has 1 aliphatic heterocycles. The second-order valence-corrected chi connectivity index (χ2v) is 7.64. The van der Waals surface area contributed by atoms with Crippen LogP contribution in [0.25, 0.3) is 6.08 Å². The fraction of sp³-hybridized carbons (Fsp3) is 0.176. The molecule has 0 bridgehead atoms. The number of nitrogens with two attached hydrogens (primary N) is 1. The highest BCUT2D eigenvalue weighted by Gasteiger charge is 2.25. The van der Waals surface area contributed by atoms with E-state index in [4.69, 9.17) is 34.0 Å². The lowest BCUT2D eigenvalue weighted by Gasteiger charge is -2.23. The summed E-state index contributed by atoms with van der Waals surface area (Å²) in [6, 6.07) is 5.00. The second kappa shape index (κ2) is 7.57. The summed E-state index contributed by atoms with van der Waals surface area (Å²) in [7, 11) is 0. The standard InChI is InChI=1S/C17H15Cl2N3O3S/c18-10-3-1-9(12(19)7-10)2-4-14(23)21-16-15(20)11-5-6-22(17(24)25)8-13(11)26-16/h1-4,7H,5-6,8,20H2,(H,21,23)(H,24,25)/b4-2+. The maximum absolute atomic E-state index is 12.2. The van der Waals surface area contributed by atoms with Crippen LogP contribution in [0.4, 0.5) is 15.5 Å². The molecule has 3 rings (SSSR count). The lowest BCUT2D eigenvalue weighted by atomic mass is 10.1. The molecule has 0 fully saturated rings. The van der Waals surface area contributed by atoms with Crippen molar-refractivity contribution in [2.45, 2.75) is 13.0 Å². The zero-order chi connectivity index (χ0) is 18.8. The summed E-state index contributed by atoms with van der Waals surface area (Å²) < 4.78 is 0. The number of carbonyl (C=O) groups excluding carboxylic acids is 1. The van der Waals surface area contributed by atoms with Gasteiger partial charge in [-0.3, -0.25) is 4.79 Å². The van der Waals surface area contributed by atoms with E-state index in [2.05, 4.69) is 5.32 Å². The first kappa shape index (κ1) is 18.6. The quantitative estimate of drug-likeness (QED) is 0.654. The van der Waals surface area contributed by atoms with Crippen LogP contribution in [0, 0.1) is 0 Å². The van der Waals surface area contributed by atoms with Gasteiger partial charge in [0.2, 0.25) is 5.91 Å². The molecule has 0 aliphatic carbocycles. The largest absolute Gasteiger partial charge is 0.465 e. The van der Waals surface area contributed by atoms with E-state index < -0.39 is 6.09 Å². The van der Waals surface area contributed by atoms with Gasteiger partial charge in [-0.05, 0) is 35.8 Å². The maximum Gasteiger partial charge on any atom is 0.407 e. The Kier molecular flexibility index (Phi) is 5.41. The molecule has 4 N–H and O–H groups in total. The Hall–Kier alpha value is -2.22. The fourth-order valence-electron chi connectivity index (χ4n) is 2.64. The van der Waals surface area contributed by atoms with Crippen molar-refractivity contribution in [1.82, 2.24) is 4.90 Å². The zero-order valence-corrected chi connectivity index (χ0v) is 15.8. The van der Waals surface area contributed by atoms with Crippen molar-refractivity contribution < 1.29 is 14.7 Å². The Morgan fingerprint density at radius 3 is 2.81 bits per heavy atom. The van der Waals surface area contributed by atoms with E-state index in [9.17, 15) is 9.59 Å². The molecule has 0 radical (unpaired) electrons. The molecule has 2 aromatic rings. The number of carboxylic acid groups (broad SMARTS) is 1. The molecule has 0 spiro atoms. The molecular weight excluding hydrogens is 397 g/mol. The summed E-state index contributed by atoms with van der Waals surface area (Å²) in [5.74, 6) is -0.351. The number of carbonyl (C=O) groups is 2. The van der Waals surface area contributed by atoms with Gasteiger partial charge in [0.1, 0.15) is 5.00 Å². The number of nitrogens with zero attached hydrogens (tertiary/aromatic N) is 1. The van der Waals surface area contributed by atoms with Crippen molar-refractivity contribution in [1.29, 1.82) is 0 Å². The Bertz CT molecular complexity index is 911. The lowest BCUT2D eigenvalue weighted by Crippen LogP contribution is -2.34. The van der Waals surface area contributed by atoms with Crippen LogP contribution in [-0.4, -0.2) is 28.6 Å². The third kappa shape index (κ3) is 3.95. The first-order valence-corrected chi connectivity index (χ1v) is 9.24. The van der Waals surface area contributed by atoms with Gasteiger partial charge >= 0.3 is 6.09 Å². The van der Waals surface area contributed by atoms with Crippen molar-refractivity contribution in [2.24, 2.45) is 0 Å². The number of rotatable bonds is 3. The number of anilines is 2. The van der Waals surface area contributed by atoms with E-state index in [0.717, 1.165) is 10.4 Å². The summed E-state index contributed by atoms with van der Waals surface area (Å²) in [4.78, 5) is 25.5. The number of fused-ring (bicyclic) bond motifs is 1. The first-order chi connectivity index (χ1) is 12.3. The molecule has 0 atom stereocenters. The third-order valence-corrected chi connectivity index (χ3v) is 5.69. The van der Waals surface area contributed by atoms with Crippen LogP contribution in [0.5, 0.6) is 0 Å². The Balaban J connectivity index is 1.72. The van der Waals surface area contributed by atoms with Crippen LogP contribution >= 0.6 is 34.5 Å². The number of benzene rings is 1. The fourth-order valence-corrected chi connectivity index (χ4v) is 4.30. The van der Waals surface area contributed by atoms with Crippen molar-refractivity contribution in [3.8, 4) is 0 Å². The predicted octanol–water partition coefficient (Wildman–Crippen LogP) is 4.33. The molecule has 0 saturated heterocycles. The molecule has 136 valence electrons. The highest BCUT2D eigenvalue weighted by molar-refractivity contribution is 7.17. The number of halogens is 2. The van der Waals surface area contributed by atoms with Crippen molar-refractivity contribution in [2.75, 3.05) is 17.6 Å². The van der Waals surface area contributed by atoms with Crippen molar-refractivity contribution in [3.05, 3.63) is 50.3 Å². The van der Waals surface area contributed by atoms with Crippen LogP contribution in [-0.2, 0) is 17.8 Å². The molecule has 6 nitrogen and oxygen atoms in total.